The predicted octanol–water partition coefficient (Wildman–Crippen LogP) is 4.44. The Hall–Kier alpha value is -1.31. The van der Waals surface area contributed by atoms with E-state index >= 15 is 0 Å². The molecule has 0 bridgehead atoms. The molecule has 2 aromatic carbocycles. The molecule has 0 radical (unpaired) electrons. The summed E-state index contributed by atoms with van der Waals surface area (Å²) in [6.07, 6.45) is 2.10. The molecule has 0 spiro atoms. The number of rotatable bonds is 1. The van der Waals surface area contributed by atoms with Gasteiger partial charge in [0.25, 0.3) is 0 Å². The lowest BCUT2D eigenvalue weighted by atomic mass is 9.70. The molecule has 0 aromatic heterocycles. The Labute approximate surface area is 119 Å². The van der Waals surface area contributed by atoms with Gasteiger partial charge >= 0.3 is 0 Å². The van der Waals surface area contributed by atoms with Crippen LogP contribution in [0.25, 0.3) is 0 Å². The molecule has 2 N–H and O–H groups in total. The van der Waals surface area contributed by atoms with Crippen LogP contribution >= 0.6 is 11.6 Å². The molecule has 0 heterocycles. The number of fused-ring (bicyclic) bond motifs is 1. The van der Waals surface area contributed by atoms with E-state index in [1.165, 1.54) is 11.1 Å². The second-order valence-electron chi connectivity index (χ2n) is 5.51. The minimum absolute atomic E-state index is 0.381. The van der Waals surface area contributed by atoms with Crippen LogP contribution in [-0.2, 0) is 5.54 Å². The fourth-order valence-electron chi connectivity index (χ4n) is 3.11. The summed E-state index contributed by atoms with van der Waals surface area (Å²) in [7, 11) is 0. The van der Waals surface area contributed by atoms with E-state index in [9.17, 15) is 0 Å². The lowest BCUT2D eigenvalue weighted by Crippen LogP contribution is -2.41. The minimum Gasteiger partial charge on any atom is -0.318 e. The van der Waals surface area contributed by atoms with Gasteiger partial charge in [-0.3, -0.25) is 0 Å². The topological polar surface area (TPSA) is 26.0 Å². The molecule has 0 saturated heterocycles. The van der Waals surface area contributed by atoms with Crippen molar-refractivity contribution in [1.29, 1.82) is 0 Å². The van der Waals surface area contributed by atoms with Crippen molar-refractivity contribution < 1.29 is 0 Å². The molecule has 2 unspecified atom stereocenters. The molecule has 2 aromatic rings. The van der Waals surface area contributed by atoms with Crippen molar-refractivity contribution in [2.75, 3.05) is 0 Å². The number of hydrogen-bond donors (Lipinski definition) is 1. The number of halogens is 1. The number of nitrogens with two attached hydrogens (primary N) is 1. The van der Waals surface area contributed by atoms with E-state index < -0.39 is 0 Å². The van der Waals surface area contributed by atoms with Crippen molar-refractivity contribution in [3.63, 3.8) is 0 Å². The maximum absolute atomic E-state index is 6.76. The second-order valence-corrected chi connectivity index (χ2v) is 5.94. The average Bonchev–Trinajstić information content (AvgIpc) is 2.44. The predicted molar refractivity (Wildman–Crippen MR) is 80.5 cm³/mol. The first-order valence-electron chi connectivity index (χ1n) is 6.75. The van der Waals surface area contributed by atoms with E-state index in [1.807, 2.05) is 12.1 Å². The number of hydrogen-bond acceptors (Lipinski definition) is 1. The quantitative estimate of drug-likeness (QED) is 0.815. The van der Waals surface area contributed by atoms with E-state index in [-0.39, 0.29) is 5.54 Å². The van der Waals surface area contributed by atoms with E-state index in [0.717, 1.165) is 23.4 Å². The van der Waals surface area contributed by atoms with Crippen molar-refractivity contribution in [2.24, 2.45) is 5.73 Å². The fourth-order valence-corrected chi connectivity index (χ4v) is 3.24. The molecule has 2 heteroatoms. The van der Waals surface area contributed by atoms with Gasteiger partial charge in [-0.15, -0.1) is 0 Å². The third kappa shape index (κ3) is 2.07. The van der Waals surface area contributed by atoms with Gasteiger partial charge in [-0.05, 0) is 47.6 Å². The molecule has 0 saturated carbocycles. The minimum atomic E-state index is -0.381. The summed E-state index contributed by atoms with van der Waals surface area (Å²) in [5.74, 6) is 0.583. The maximum Gasteiger partial charge on any atom is 0.0668 e. The summed E-state index contributed by atoms with van der Waals surface area (Å²) in [5, 5.41) is 0.754. The first-order chi connectivity index (χ1) is 9.11. The fraction of sp³-hybridized carbons (Fsp3) is 0.294. The van der Waals surface area contributed by atoms with Crippen molar-refractivity contribution >= 4 is 11.6 Å². The lowest BCUT2D eigenvalue weighted by molar-refractivity contribution is 0.412. The molecular weight excluding hydrogens is 254 g/mol. The molecular formula is C17H18ClN. The Balaban J connectivity index is 2.15. The molecule has 0 fully saturated rings. The van der Waals surface area contributed by atoms with Crippen molar-refractivity contribution in [2.45, 2.75) is 31.2 Å². The maximum atomic E-state index is 6.76. The van der Waals surface area contributed by atoms with Gasteiger partial charge in [0.1, 0.15) is 0 Å². The summed E-state index contributed by atoms with van der Waals surface area (Å²) in [5.41, 5.74) is 10.2. The highest BCUT2D eigenvalue weighted by Crippen LogP contribution is 2.43. The van der Waals surface area contributed by atoms with Gasteiger partial charge in [0.05, 0.1) is 5.54 Å². The van der Waals surface area contributed by atoms with E-state index in [0.29, 0.717) is 5.92 Å². The van der Waals surface area contributed by atoms with Crippen LogP contribution in [-0.4, -0.2) is 0 Å². The van der Waals surface area contributed by atoms with E-state index in [2.05, 4.69) is 43.3 Å². The molecule has 1 aliphatic rings. The smallest absolute Gasteiger partial charge is 0.0668 e. The highest BCUT2D eigenvalue weighted by Gasteiger charge is 2.36. The van der Waals surface area contributed by atoms with Crippen LogP contribution < -0.4 is 5.73 Å². The third-order valence-corrected chi connectivity index (χ3v) is 4.56. The largest absolute Gasteiger partial charge is 0.318 e. The summed E-state index contributed by atoms with van der Waals surface area (Å²) in [6, 6.07) is 16.5. The van der Waals surface area contributed by atoms with Gasteiger partial charge in [-0.1, -0.05) is 54.9 Å². The highest BCUT2D eigenvalue weighted by molar-refractivity contribution is 6.30. The van der Waals surface area contributed by atoms with Gasteiger partial charge in [0.2, 0.25) is 0 Å². The second kappa shape index (κ2) is 4.66. The lowest BCUT2D eigenvalue weighted by Gasteiger charge is -2.39. The summed E-state index contributed by atoms with van der Waals surface area (Å²) in [4.78, 5) is 0. The Kier molecular flexibility index (Phi) is 3.12. The summed E-state index contributed by atoms with van der Waals surface area (Å²) in [6.45, 7) is 2.28. The zero-order chi connectivity index (χ0) is 13.5. The van der Waals surface area contributed by atoms with Crippen molar-refractivity contribution in [3.05, 3.63) is 70.2 Å². The summed E-state index contributed by atoms with van der Waals surface area (Å²) < 4.78 is 0. The molecule has 0 amide bonds. The SMILES string of the molecule is CC1CCC(N)(c2ccc(Cl)cc2)c2ccccc21. The Morgan fingerprint density at radius 2 is 1.79 bits per heavy atom. The van der Waals surface area contributed by atoms with Crippen LogP contribution in [0.15, 0.2) is 48.5 Å². The molecule has 19 heavy (non-hydrogen) atoms. The van der Waals surface area contributed by atoms with Gasteiger partial charge in [0.15, 0.2) is 0 Å². The first-order valence-corrected chi connectivity index (χ1v) is 7.13. The van der Waals surface area contributed by atoms with Crippen LogP contribution in [0, 0.1) is 0 Å². The zero-order valence-electron chi connectivity index (χ0n) is 11.1. The van der Waals surface area contributed by atoms with Crippen LogP contribution in [0.4, 0.5) is 0 Å². The van der Waals surface area contributed by atoms with Crippen LogP contribution in [0.3, 0.4) is 0 Å². The van der Waals surface area contributed by atoms with Crippen molar-refractivity contribution in [3.8, 4) is 0 Å². The Morgan fingerprint density at radius 1 is 1.11 bits per heavy atom. The van der Waals surface area contributed by atoms with E-state index in [1.54, 1.807) is 0 Å². The zero-order valence-corrected chi connectivity index (χ0v) is 11.8. The molecule has 98 valence electrons. The van der Waals surface area contributed by atoms with Gasteiger partial charge in [-0.25, -0.2) is 0 Å². The monoisotopic (exact) mass is 271 g/mol. The van der Waals surface area contributed by atoms with Crippen LogP contribution in [0.1, 0.15) is 42.4 Å². The molecule has 1 nitrogen and oxygen atoms in total. The molecule has 0 aliphatic heterocycles. The van der Waals surface area contributed by atoms with E-state index in [4.69, 9.17) is 17.3 Å². The standard InChI is InChI=1S/C17H18ClN/c1-12-10-11-17(19,13-6-8-14(18)9-7-13)16-5-3-2-4-15(12)16/h2-9,12H,10-11,19H2,1H3. The molecule has 1 aliphatic carbocycles. The Bertz CT molecular complexity index is 590. The van der Waals surface area contributed by atoms with Crippen LogP contribution in [0.5, 0.6) is 0 Å². The van der Waals surface area contributed by atoms with Gasteiger partial charge in [-0.2, -0.15) is 0 Å². The normalized spacial score (nSPS) is 25.9. The first kappa shape index (κ1) is 12.7. The van der Waals surface area contributed by atoms with Crippen molar-refractivity contribution in [1.82, 2.24) is 0 Å². The third-order valence-electron chi connectivity index (χ3n) is 4.30. The number of benzene rings is 2. The Morgan fingerprint density at radius 3 is 2.53 bits per heavy atom. The van der Waals surface area contributed by atoms with Gasteiger partial charge in [0, 0.05) is 5.02 Å². The molecule has 2 atom stereocenters. The van der Waals surface area contributed by atoms with Gasteiger partial charge < -0.3 is 5.73 Å². The highest BCUT2D eigenvalue weighted by atomic mass is 35.5. The molecule has 3 rings (SSSR count). The van der Waals surface area contributed by atoms with Crippen LogP contribution in [0.2, 0.25) is 5.02 Å². The average molecular weight is 272 g/mol. The summed E-state index contributed by atoms with van der Waals surface area (Å²) >= 11 is 5.98.